The maximum Gasteiger partial charge on any atom is 0.191 e. The summed E-state index contributed by atoms with van der Waals surface area (Å²) in [5.74, 6) is 2.34. The lowest BCUT2D eigenvalue weighted by Crippen LogP contribution is -2.51. The van der Waals surface area contributed by atoms with Crippen molar-refractivity contribution in [2.45, 2.75) is 32.9 Å². The third-order valence-electron chi connectivity index (χ3n) is 5.17. The molecule has 3 N–H and O–H groups in total. The lowest BCUT2D eigenvalue weighted by atomic mass is 10.0. The molecule has 1 unspecified atom stereocenters. The Morgan fingerprint density at radius 1 is 1.21 bits per heavy atom. The molecule has 1 atom stereocenters. The summed E-state index contributed by atoms with van der Waals surface area (Å²) in [5.41, 5.74) is 2.16. The molecule has 2 heterocycles. The van der Waals surface area contributed by atoms with Crippen molar-refractivity contribution in [3.05, 3.63) is 42.4 Å². The van der Waals surface area contributed by atoms with Crippen LogP contribution in [0.4, 0.5) is 0 Å². The van der Waals surface area contributed by atoms with Crippen LogP contribution in [0.15, 0.2) is 41.5 Å². The van der Waals surface area contributed by atoms with E-state index >= 15 is 0 Å². The highest BCUT2D eigenvalue weighted by Gasteiger charge is 2.22. The number of guanidine groups is 1. The molecule has 29 heavy (non-hydrogen) atoms. The number of H-pyrrole nitrogens is 1. The number of imidazole rings is 1. The Morgan fingerprint density at radius 2 is 1.97 bits per heavy atom. The largest absolute Gasteiger partial charge is 0.379 e. The Hall–Kier alpha value is -2.38. The zero-order chi connectivity index (χ0) is 20.5. The summed E-state index contributed by atoms with van der Waals surface area (Å²) in [5, 5.41) is 6.86. The van der Waals surface area contributed by atoms with Gasteiger partial charge in [-0.2, -0.15) is 0 Å². The van der Waals surface area contributed by atoms with Crippen LogP contribution >= 0.6 is 0 Å². The molecule has 1 aliphatic rings. The fraction of sp³-hybridized carbons (Fsp3) is 0.545. The normalized spacial score (nSPS) is 16.8. The van der Waals surface area contributed by atoms with E-state index in [1.54, 1.807) is 7.05 Å². The monoisotopic (exact) mass is 398 g/mol. The summed E-state index contributed by atoms with van der Waals surface area (Å²) in [6.45, 7) is 9.67. The van der Waals surface area contributed by atoms with E-state index in [-0.39, 0.29) is 0 Å². The lowest BCUT2D eigenvalue weighted by Gasteiger charge is -2.35. The van der Waals surface area contributed by atoms with E-state index in [9.17, 15) is 0 Å². The minimum Gasteiger partial charge on any atom is -0.379 e. The molecular weight excluding hydrogens is 364 g/mol. The summed E-state index contributed by atoms with van der Waals surface area (Å²) in [7, 11) is 1.80. The number of nitrogens with zero attached hydrogens (tertiary/aromatic N) is 3. The van der Waals surface area contributed by atoms with Crippen molar-refractivity contribution in [2.75, 3.05) is 39.9 Å². The third kappa shape index (κ3) is 6.58. The molecule has 1 aromatic carbocycles. The highest BCUT2D eigenvalue weighted by molar-refractivity contribution is 5.79. The van der Waals surface area contributed by atoms with Gasteiger partial charge in [-0.1, -0.05) is 44.2 Å². The standard InChI is InChI=1S/C22H34N6O/c1-17(2)13-19(28-9-11-29-12-10-28)14-25-22(23-3)26-16-21-24-15-20(27-21)18-7-5-4-6-8-18/h4-8,15,17,19H,9-14,16H2,1-3H3,(H,24,27)(H2,23,25,26). The van der Waals surface area contributed by atoms with Gasteiger partial charge in [-0.3, -0.25) is 9.89 Å². The average molecular weight is 399 g/mol. The first-order chi connectivity index (χ1) is 14.2. The van der Waals surface area contributed by atoms with Crippen LogP contribution in [0.2, 0.25) is 0 Å². The molecule has 1 aromatic heterocycles. The first-order valence-electron chi connectivity index (χ1n) is 10.5. The number of aromatic amines is 1. The molecular formula is C22H34N6O. The Morgan fingerprint density at radius 3 is 2.66 bits per heavy atom. The highest BCUT2D eigenvalue weighted by atomic mass is 16.5. The quantitative estimate of drug-likeness (QED) is 0.470. The Labute approximate surface area is 174 Å². The van der Waals surface area contributed by atoms with E-state index in [0.29, 0.717) is 18.5 Å². The van der Waals surface area contributed by atoms with Gasteiger partial charge in [0.05, 0.1) is 31.6 Å². The zero-order valence-electron chi connectivity index (χ0n) is 17.8. The van der Waals surface area contributed by atoms with Crippen molar-refractivity contribution in [1.82, 2.24) is 25.5 Å². The zero-order valence-corrected chi connectivity index (χ0v) is 17.8. The molecule has 1 aliphatic heterocycles. The van der Waals surface area contributed by atoms with Crippen LogP contribution in [0.3, 0.4) is 0 Å². The molecule has 7 heteroatoms. The van der Waals surface area contributed by atoms with Crippen LogP contribution in [0.25, 0.3) is 11.3 Å². The molecule has 158 valence electrons. The van der Waals surface area contributed by atoms with Crippen molar-refractivity contribution in [3.63, 3.8) is 0 Å². The molecule has 1 saturated heterocycles. The van der Waals surface area contributed by atoms with Crippen LogP contribution in [0.5, 0.6) is 0 Å². The topological polar surface area (TPSA) is 77.6 Å². The predicted molar refractivity (Wildman–Crippen MR) is 118 cm³/mol. The van der Waals surface area contributed by atoms with Gasteiger partial charge in [0.25, 0.3) is 0 Å². The van der Waals surface area contributed by atoms with Gasteiger partial charge in [-0.25, -0.2) is 4.98 Å². The molecule has 2 aromatic rings. The van der Waals surface area contributed by atoms with Crippen molar-refractivity contribution < 1.29 is 4.74 Å². The minimum atomic E-state index is 0.478. The molecule has 0 radical (unpaired) electrons. The number of nitrogens with one attached hydrogen (secondary N) is 3. The van der Waals surface area contributed by atoms with Gasteiger partial charge in [-0.15, -0.1) is 0 Å². The van der Waals surface area contributed by atoms with Crippen LogP contribution in [-0.4, -0.2) is 66.8 Å². The molecule has 0 bridgehead atoms. The summed E-state index contributed by atoms with van der Waals surface area (Å²) in [6.07, 6.45) is 3.03. The molecule has 0 saturated carbocycles. The van der Waals surface area contributed by atoms with Crippen molar-refractivity contribution in [3.8, 4) is 11.3 Å². The van der Waals surface area contributed by atoms with Crippen LogP contribution in [0, 0.1) is 5.92 Å². The summed E-state index contributed by atoms with van der Waals surface area (Å²) in [6, 6.07) is 10.7. The van der Waals surface area contributed by atoms with Crippen molar-refractivity contribution in [2.24, 2.45) is 10.9 Å². The second-order valence-corrected chi connectivity index (χ2v) is 7.85. The molecule has 0 amide bonds. The van der Waals surface area contributed by atoms with Crippen molar-refractivity contribution >= 4 is 5.96 Å². The number of benzene rings is 1. The minimum absolute atomic E-state index is 0.478. The summed E-state index contributed by atoms with van der Waals surface area (Å²) in [4.78, 5) is 14.8. The van der Waals surface area contributed by atoms with Gasteiger partial charge in [0.2, 0.25) is 0 Å². The van der Waals surface area contributed by atoms with Gasteiger partial charge in [-0.05, 0) is 17.9 Å². The first-order valence-corrected chi connectivity index (χ1v) is 10.5. The van der Waals surface area contributed by atoms with E-state index in [4.69, 9.17) is 4.74 Å². The van der Waals surface area contributed by atoms with Crippen molar-refractivity contribution in [1.29, 1.82) is 0 Å². The van der Waals surface area contributed by atoms with E-state index in [2.05, 4.69) is 56.5 Å². The highest BCUT2D eigenvalue weighted by Crippen LogP contribution is 2.16. The Bertz CT molecular complexity index is 752. The fourth-order valence-corrected chi connectivity index (χ4v) is 3.67. The molecule has 3 rings (SSSR count). The second kappa shape index (κ2) is 11.0. The number of aliphatic imine (C=N–C) groups is 1. The van der Waals surface area contributed by atoms with Crippen LogP contribution in [0.1, 0.15) is 26.1 Å². The van der Waals surface area contributed by atoms with Crippen LogP contribution < -0.4 is 10.6 Å². The van der Waals surface area contributed by atoms with Gasteiger partial charge in [0, 0.05) is 32.7 Å². The predicted octanol–water partition coefficient (Wildman–Crippen LogP) is 2.49. The molecule has 7 nitrogen and oxygen atoms in total. The van der Waals surface area contributed by atoms with Crippen LogP contribution in [-0.2, 0) is 11.3 Å². The van der Waals surface area contributed by atoms with E-state index in [1.165, 1.54) is 0 Å². The van der Waals surface area contributed by atoms with Gasteiger partial charge < -0.3 is 20.4 Å². The summed E-state index contributed by atoms with van der Waals surface area (Å²) >= 11 is 0. The smallest absolute Gasteiger partial charge is 0.191 e. The second-order valence-electron chi connectivity index (χ2n) is 7.85. The molecule has 1 fully saturated rings. The van der Waals surface area contributed by atoms with E-state index < -0.39 is 0 Å². The van der Waals surface area contributed by atoms with Gasteiger partial charge >= 0.3 is 0 Å². The maximum absolute atomic E-state index is 5.51. The number of hydrogen-bond acceptors (Lipinski definition) is 4. The molecule has 0 aliphatic carbocycles. The number of hydrogen-bond donors (Lipinski definition) is 3. The lowest BCUT2D eigenvalue weighted by molar-refractivity contribution is 0.0132. The summed E-state index contributed by atoms with van der Waals surface area (Å²) < 4.78 is 5.51. The molecule has 0 spiro atoms. The SMILES string of the molecule is CN=C(NCc1ncc(-c2ccccc2)[nH]1)NCC(CC(C)C)N1CCOCC1. The van der Waals surface area contributed by atoms with Gasteiger partial charge in [0.1, 0.15) is 5.82 Å². The number of aromatic nitrogens is 2. The first kappa shape index (κ1) is 21.3. The number of ether oxygens (including phenoxy) is 1. The Balaban J connectivity index is 1.51. The van der Waals surface area contributed by atoms with Gasteiger partial charge in [0.15, 0.2) is 5.96 Å². The third-order valence-corrected chi connectivity index (χ3v) is 5.17. The Kier molecular flexibility index (Phi) is 8.07. The van der Waals surface area contributed by atoms with E-state index in [0.717, 1.165) is 62.3 Å². The average Bonchev–Trinajstić information content (AvgIpc) is 3.23. The maximum atomic E-state index is 5.51. The fourth-order valence-electron chi connectivity index (χ4n) is 3.67. The van der Waals surface area contributed by atoms with E-state index in [1.807, 2.05) is 24.4 Å². The number of rotatable bonds is 8. The number of morpholine rings is 1.